The number of piperidine rings is 1. The number of carbonyl (C=O) groups is 3. The van der Waals surface area contributed by atoms with Crippen LogP contribution in [-0.2, 0) is 9.59 Å². The first-order valence-electron chi connectivity index (χ1n) is 11.1. The number of anilines is 1. The van der Waals surface area contributed by atoms with Crippen LogP contribution in [0.25, 0.3) is 0 Å². The van der Waals surface area contributed by atoms with Crippen molar-refractivity contribution in [3.8, 4) is 0 Å². The van der Waals surface area contributed by atoms with Crippen molar-refractivity contribution in [1.29, 1.82) is 0 Å². The normalized spacial score (nSPS) is 22.7. The van der Waals surface area contributed by atoms with Crippen LogP contribution < -0.4 is 5.32 Å². The van der Waals surface area contributed by atoms with Crippen molar-refractivity contribution in [2.45, 2.75) is 52.0 Å². The molecular formula is C23H32N4O3. The van der Waals surface area contributed by atoms with Gasteiger partial charge in [-0.15, -0.1) is 0 Å². The van der Waals surface area contributed by atoms with Gasteiger partial charge in [0, 0.05) is 50.9 Å². The van der Waals surface area contributed by atoms with Crippen molar-refractivity contribution in [2.24, 2.45) is 5.92 Å². The van der Waals surface area contributed by atoms with Crippen molar-refractivity contribution < 1.29 is 14.4 Å². The van der Waals surface area contributed by atoms with Gasteiger partial charge in [0.15, 0.2) is 0 Å². The summed E-state index contributed by atoms with van der Waals surface area (Å²) in [7, 11) is 0. The summed E-state index contributed by atoms with van der Waals surface area (Å²) in [6.45, 7) is 7.43. The number of likely N-dealkylation sites (tertiary alicyclic amines) is 3. The van der Waals surface area contributed by atoms with Crippen LogP contribution in [0.2, 0.25) is 0 Å². The van der Waals surface area contributed by atoms with E-state index in [0.717, 1.165) is 55.6 Å². The molecule has 1 aromatic carbocycles. The van der Waals surface area contributed by atoms with Gasteiger partial charge in [0.1, 0.15) is 0 Å². The first kappa shape index (κ1) is 20.7. The number of hydrogen-bond acceptors (Lipinski definition) is 3. The molecule has 7 heteroatoms. The van der Waals surface area contributed by atoms with Gasteiger partial charge in [-0.2, -0.15) is 0 Å². The minimum atomic E-state index is -0.193. The summed E-state index contributed by atoms with van der Waals surface area (Å²) in [6.07, 6.45) is 3.99. The molecule has 0 spiro atoms. The van der Waals surface area contributed by atoms with Gasteiger partial charge < -0.3 is 20.0 Å². The highest BCUT2D eigenvalue weighted by Crippen LogP contribution is 2.28. The van der Waals surface area contributed by atoms with Crippen LogP contribution in [-0.4, -0.2) is 71.3 Å². The maximum absolute atomic E-state index is 12.7. The number of nitrogens with zero attached hydrogens (tertiary/aromatic N) is 3. The molecule has 1 atom stereocenters. The third-order valence-electron chi connectivity index (χ3n) is 6.75. The van der Waals surface area contributed by atoms with Crippen molar-refractivity contribution in [1.82, 2.24) is 14.7 Å². The summed E-state index contributed by atoms with van der Waals surface area (Å²) in [6, 6.07) is 6.07. The molecule has 0 aliphatic carbocycles. The minimum absolute atomic E-state index is 0.0861. The second kappa shape index (κ2) is 8.66. The second-order valence-electron chi connectivity index (χ2n) is 8.95. The fourth-order valence-electron chi connectivity index (χ4n) is 4.89. The van der Waals surface area contributed by atoms with Crippen LogP contribution in [0.5, 0.6) is 0 Å². The SMILES string of the molecule is Cc1ccc(C)c(NC(=O)N2CCC(N3CC(C(=O)N4CCCC4)CC3=O)CC2)c1. The maximum Gasteiger partial charge on any atom is 0.321 e. The largest absolute Gasteiger partial charge is 0.342 e. The molecule has 1 aromatic rings. The molecule has 3 aliphatic heterocycles. The van der Waals surface area contributed by atoms with Crippen molar-refractivity contribution in [3.05, 3.63) is 29.3 Å². The average Bonchev–Trinajstić information content (AvgIpc) is 3.40. The number of nitrogens with one attached hydrogen (secondary N) is 1. The van der Waals surface area contributed by atoms with Gasteiger partial charge in [0.25, 0.3) is 0 Å². The molecule has 0 saturated carbocycles. The monoisotopic (exact) mass is 412 g/mol. The van der Waals surface area contributed by atoms with Crippen LogP contribution in [0.15, 0.2) is 18.2 Å². The molecule has 0 bridgehead atoms. The van der Waals surface area contributed by atoms with Crippen LogP contribution in [0.4, 0.5) is 10.5 Å². The Morgan fingerprint density at radius 1 is 1.00 bits per heavy atom. The van der Waals surface area contributed by atoms with E-state index in [1.54, 1.807) is 0 Å². The van der Waals surface area contributed by atoms with E-state index < -0.39 is 0 Å². The zero-order valence-electron chi connectivity index (χ0n) is 18.0. The van der Waals surface area contributed by atoms with E-state index in [1.165, 1.54) is 0 Å². The summed E-state index contributed by atoms with van der Waals surface area (Å²) in [4.78, 5) is 43.6. The van der Waals surface area contributed by atoms with E-state index in [2.05, 4.69) is 5.32 Å². The van der Waals surface area contributed by atoms with Crippen LogP contribution in [0.1, 0.15) is 43.2 Å². The Morgan fingerprint density at radius 2 is 1.70 bits per heavy atom. The number of carbonyl (C=O) groups excluding carboxylic acids is 3. The molecule has 1 unspecified atom stereocenters. The topological polar surface area (TPSA) is 73.0 Å². The van der Waals surface area contributed by atoms with E-state index in [0.29, 0.717) is 26.1 Å². The standard InChI is InChI=1S/C23H32N4O3/c1-16-5-6-17(2)20(13-16)24-23(30)26-11-7-19(8-12-26)27-15-18(14-21(27)28)22(29)25-9-3-4-10-25/h5-6,13,18-19H,3-4,7-12,14-15H2,1-2H3,(H,24,30). The van der Waals surface area contributed by atoms with Gasteiger partial charge in [-0.25, -0.2) is 4.79 Å². The smallest absolute Gasteiger partial charge is 0.321 e. The highest BCUT2D eigenvalue weighted by atomic mass is 16.2. The summed E-state index contributed by atoms with van der Waals surface area (Å²) in [5.41, 5.74) is 3.00. The zero-order chi connectivity index (χ0) is 21.3. The minimum Gasteiger partial charge on any atom is -0.342 e. The van der Waals surface area contributed by atoms with Crippen molar-refractivity contribution in [2.75, 3.05) is 38.0 Å². The molecule has 3 saturated heterocycles. The molecule has 30 heavy (non-hydrogen) atoms. The van der Waals surface area contributed by atoms with Gasteiger partial charge in [-0.1, -0.05) is 12.1 Å². The predicted molar refractivity (Wildman–Crippen MR) is 115 cm³/mol. The van der Waals surface area contributed by atoms with Gasteiger partial charge in [0.05, 0.1) is 5.92 Å². The molecule has 3 fully saturated rings. The lowest BCUT2D eigenvalue weighted by Crippen LogP contribution is -2.48. The molecule has 4 rings (SSSR count). The number of benzene rings is 1. The Hall–Kier alpha value is -2.57. The molecule has 1 N–H and O–H groups in total. The summed E-state index contributed by atoms with van der Waals surface area (Å²) in [5.74, 6) is 0.0424. The third-order valence-corrected chi connectivity index (χ3v) is 6.75. The molecule has 7 nitrogen and oxygen atoms in total. The van der Waals surface area contributed by atoms with Crippen LogP contribution in [0, 0.1) is 19.8 Å². The van der Waals surface area contributed by atoms with Crippen molar-refractivity contribution in [3.63, 3.8) is 0 Å². The number of urea groups is 1. The summed E-state index contributed by atoms with van der Waals surface area (Å²) >= 11 is 0. The number of amides is 4. The molecule has 3 heterocycles. The third kappa shape index (κ3) is 4.30. The molecule has 0 aromatic heterocycles. The fraction of sp³-hybridized carbons (Fsp3) is 0.609. The molecule has 0 radical (unpaired) electrons. The fourth-order valence-corrected chi connectivity index (χ4v) is 4.89. The molecule has 3 aliphatic rings. The van der Waals surface area contributed by atoms with Gasteiger partial charge in [0.2, 0.25) is 11.8 Å². The molecular weight excluding hydrogens is 380 g/mol. The van der Waals surface area contributed by atoms with E-state index >= 15 is 0 Å². The lowest BCUT2D eigenvalue weighted by atomic mass is 10.0. The summed E-state index contributed by atoms with van der Waals surface area (Å²) < 4.78 is 0. The Bertz CT molecular complexity index is 826. The maximum atomic E-state index is 12.7. The predicted octanol–water partition coefficient (Wildman–Crippen LogP) is 2.77. The highest BCUT2D eigenvalue weighted by molar-refractivity contribution is 5.91. The van der Waals surface area contributed by atoms with Gasteiger partial charge >= 0.3 is 6.03 Å². The quantitative estimate of drug-likeness (QED) is 0.830. The second-order valence-corrected chi connectivity index (χ2v) is 8.95. The number of hydrogen-bond donors (Lipinski definition) is 1. The average molecular weight is 413 g/mol. The lowest BCUT2D eigenvalue weighted by molar-refractivity contribution is -0.134. The Labute approximate surface area is 178 Å². The van der Waals surface area contributed by atoms with E-state index in [9.17, 15) is 14.4 Å². The Kier molecular flexibility index (Phi) is 5.97. The number of aryl methyl sites for hydroxylation is 2. The zero-order valence-corrected chi connectivity index (χ0v) is 18.0. The van der Waals surface area contributed by atoms with Crippen LogP contribution in [0.3, 0.4) is 0 Å². The Morgan fingerprint density at radius 3 is 2.40 bits per heavy atom. The molecule has 162 valence electrons. The van der Waals surface area contributed by atoms with Gasteiger partial charge in [-0.3, -0.25) is 9.59 Å². The highest BCUT2D eigenvalue weighted by Gasteiger charge is 2.41. The van der Waals surface area contributed by atoms with Crippen molar-refractivity contribution >= 4 is 23.5 Å². The first-order chi connectivity index (χ1) is 14.4. The van der Waals surface area contributed by atoms with Gasteiger partial charge in [-0.05, 0) is 56.7 Å². The van der Waals surface area contributed by atoms with E-state index in [-0.39, 0.29) is 29.8 Å². The first-order valence-corrected chi connectivity index (χ1v) is 11.1. The molecule has 4 amide bonds. The summed E-state index contributed by atoms with van der Waals surface area (Å²) in [5, 5.41) is 3.02. The van der Waals surface area contributed by atoms with Crippen LogP contribution >= 0.6 is 0 Å². The number of rotatable bonds is 3. The Balaban J connectivity index is 1.30. The van der Waals surface area contributed by atoms with E-state index in [4.69, 9.17) is 0 Å². The van der Waals surface area contributed by atoms with E-state index in [1.807, 2.05) is 46.7 Å². The lowest BCUT2D eigenvalue weighted by Gasteiger charge is -2.37.